The van der Waals surface area contributed by atoms with Crippen LogP contribution < -0.4 is 0 Å². The normalized spacial score (nSPS) is 19.2. The van der Waals surface area contributed by atoms with E-state index in [1.165, 1.54) is 32.1 Å². The molecule has 1 fully saturated rings. The van der Waals surface area contributed by atoms with Crippen molar-refractivity contribution in [2.45, 2.75) is 58.0 Å². The van der Waals surface area contributed by atoms with Crippen molar-refractivity contribution in [3.8, 4) is 0 Å². The van der Waals surface area contributed by atoms with Crippen LogP contribution in [0.1, 0.15) is 62.4 Å². The Morgan fingerprint density at radius 1 is 1.29 bits per heavy atom. The lowest BCUT2D eigenvalue weighted by molar-refractivity contribution is 0.147. The summed E-state index contributed by atoms with van der Waals surface area (Å²) in [5.41, 5.74) is 1.82. The Balaban J connectivity index is 1.82. The SMILES string of the molecule is Cc1cccc(C(O)CCC2CCCCC2)n1. The maximum atomic E-state index is 10.1. The van der Waals surface area contributed by atoms with Gasteiger partial charge >= 0.3 is 0 Å². The monoisotopic (exact) mass is 233 g/mol. The first-order chi connectivity index (χ1) is 8.25. The van der Waals surface area contributed by atoms with Crippen LogP contribution in [0.25, 0.3) is 0 Å². The fraction of sp³-hybridized carbons (Fsp3) is 0.667. The van der Waals surface area contributed by atoms with Crippen molar-refractivity contribution in [3.05, 3.63) is 29.6 Å². The largest absolute Gasteiger partial charge is 0.387 e. The van der Waals surface area contributed by atoms with Gasteiger partial charge in [0.05, 0.1) is 11.8 Å². The first-order valence-electron chi connectivity index (χ1n) is 6.87. The van der Waals surface area contributed by atoms with Gasteiger partial charge in [-0.15, -0.1) is 0 Å². The number of aliphatic hydroxyl groups excluding tert-OH is 1. The Bertz CT molecular complexity index is 345. The van der Waals surface area contributed by atoms with Gasteiger partial charge in [0.1, 0.15) is 0 Å². The highest BCUT2D eigenvalue weighted by molar-refractivity contribution is 5.11. The fourth-order valence-corrected chi connectivity index (χ4v) is 2.77. The van der Waals surface area contributed by atoms with Crippen molar-refractivity contribution in [2.75, 3.05) is 0 Å². The third-order valence-corrected chi connectivity index (χ3v) is 3.82. The number of aryl methyl sites for hydroxylation is 1. The van der Waals surface area contributed by atoms with Gasteiger partial charge in [-0.25, -0.2) is 0 Å². The number of aromatic nitrogens is 1. The summed E-state index contributed by atoms with van der Waals surface area (Å²) in [6.07, 6.45) is 8.50. The summed E-state index contributed by atoms with van der Waals surface area (Å²) in [6, 6.07) is 5.87. The van der Waals surface area contributed by atoms with Crippen LogP contribution in [0.5, 0.6) is 0 Å². The maximum Gasteiger partial charge on any atom is 0.0960 e. The number of nitrogens with zero attached hydrogens (tertiary/aromatic N) is 1. The van der Waals surface area contributed by atoms with Gasteiger partial charge in [-0.1, -0.05) is 38.2 Å². The standard InChI is InChI=1S/C15H23NO/c1-12-6-5-9-14(16-12)15(17)11-10-13-7-3-2-4-8-13/h5-6,9,13,15,17H,2-4,7-8,10-11H2,1H3. The van der Waals surface area contributed by atoms with Crippen LogP contribution in [0.3, 0.4) is 0 Å². The van der Waals surface area contributed by atoms with Crippen LogP contribution in [0, 0.1) is 12.8 Å². The van der Waals surface area contributed by atoms with Crippen molar-refractivity contribution >= 4 is 0 Å². The molecule has 1 N–H and O–H groups in total. The van der Waals surface area contributed by atoms with E-state index in [2.05, 4.69) is 4.98 Å². The molecule has 0 radical (unpaired) electrons. The molecule has 17 heavy (non-hydrogen) atoms. The quantitative estimate of drug-likeness (QED) is 0.858. The van der Waals surface area contributed by atoms with Crippen LogP contribution in [-0.2, 0) is 0 Å². The van der Waals surface area contributed by atoms with Crippen LogP contribution in [0.2, 0.25) is 0 Å². The van der Waals surface area contributed by atoms with Crippen LogP contribution in [-0.4, -0.2) is 10.1 Å². The Kier molecular flexibility index (Phi) is 4.55. The second-order valence-corrected chi connectivity index (χ2v) is 5.30. The van der Waals surface area contributed by atoms with Gasteiger partial charge in [0.25, 0.3) is 0 Å². The third-order valence-electron chi connectivity index (χ3n) is 3.82. The highest BCUT2D eigenvalue weighted by Crippen LogP contribution is 2.29. The van der Waals surface area contributed by atoms with Crippen molar-refractivity contribution in [1.82, 2.24) is 4.98 Å². The van der Waals surface area contributed by atoms with Crippen molar-refractivity contribution in [3.63, 3.8) is 0 Å². The van der Waals surface area contributed by atoms with Gasteiger partial charge in [-0.05, 0) is 37.8 Å². The number of hydrogen-bond acceptors (Lipinski definition) is 2. The summed E-state index contributed by atoms with van der Waals surface area (Å²) in [4.78, 5) is 4.39. The molecule has 1 saturated carbocycles. The fourth-order valence-electron chi connectivity index (χ4n) is 2.77. The molecule has 1 aliphatic carbocycles. The molecule has 1 atom stereocenters. The molecule has 0 aliphatic heterocycles. The average Bonchev–Trinajstić information content (AvgIpc) is 2.37. The molecule has 2 heteroatoms. The summed E-state index contributed by atoms with van der Waals surface area (Å²) in [7, 11) is 0. The lowest BCUT2D eigenvalue weighted by atomic mass is 9.85. The minimum Gasteiger partial charge on any atom is -0.387 e. The zero-order valence-electron chi connectivity index (χ0n) is 10.7. The summed E-state index contributed by atoms with van der Waals surface area (Å²) in [6.45, 7) is 1.97. The number of aliphatic hydroxyl groups is 1. The van der Waals surface area contributed by atoms with Gasteiger partial charge in [0.15, 0.2) is 0 Å². The van der Waals surface area contributed by atoms with E-state index in [-0.39, 0.29) is 6.10 Å². The van der Waals surface area contributed by atoms with E-state index in [0.717, 1.165) is 30.1 Å². The molecule has 0 bridgehead atoms. The van der Waals surface area contributed by atoms with E-state index >= 15 is 0 Å². The molecule has 1 aromatic heterocycles. The summed E-state index contributed by atoms with van der Waals surface area (Å²) in [5.74, 6) is 0.836. The van der Waals surface area contributed by atoms with Crippen LogP contribution in [0.15, 0.2) is 18.2 Å². The van der Waals surface area contributed by atoms with Gasteiger partial charge in [0, 0.05) is 5.69 Å². The van der Waals surface area contributed by atoms with E-state index in [1.54, 1.807) is 0 Å². The van der Waals surface area contributed by atoms with E-state index in [1.807, 2.05) is 25.1 Å². The first-order valence-corrected chi connectivity index (χ1v) is 6.87. The Labute approximate surface area is 104 Å². The molecule has 2 rings (SSSR count). The van der Waals surface area contributed by atoms with E-state index in [0.29, 0.717) is 0 Å². The smallest absolute Gasteiger partial charge is 0.0960 e. The Morgan fingerprint density at radius 2 is 2.06 bits per heavy atom. The van der Waals surface area contributed by atoms with E-state index < -0.39 is 0 Å². The molecule has 0 aromatic carbocycles. The molecular formula is C15H23NO. The van der Waals surface area contributed by atoms with E-state index in [9.17, 15) is 5.11 Å². The van der Waals surface area contributed by atoms with Gasteiger partial charge in [-0.2, -0.15) is 0 Å². The Morgan fingerprint density at radius 3 is 2.76 bits per heavy atom. The molecule has 1 heterocycles. The lowest BCUT2D eigenvalue weighted by Crippen LogP contribution is -2.09. The predicted molar refractivity (Wildman–Crippen MR) is 69.7 cm³/mol. The molecule has 0 saturated heterocycles. The zero-order chi connectivity index (χ0) is 12.1. The number of pyridine rings is 1. The van der Waals surface area contributed by atoms with Crippen molar-refractivity contribution in [1.29, 1.82) is 0 Å². The van der Waals surface area contributed by atoms with E-state index in [4.69, 9.17) is 0 Å². The van der Waals surface area contributed by atoms with Crippen molar-refractivity contribution in [2.24, 2.45) is 5.92 Å². The molecule has 1 unspecified atom stereocenters. The molecule has 0 spiro atoms. The second kappa shape index (κ2) is 6.15. The predicted octanol–water partition coefficient (Wildman–Crippen LogP) is 3.78. The lowest BCUT2D eigenvalue weighted by Gasteiger charge is -2.22. The first kappa shape index (κ1) is 12.6. The molecule has 0 amide bonds. The Hall–Kier alpha value is -0.890. The molecular weight excluding hydrogens is 210 g/mol. The average molecular weight is 233 g/mol. The summed E-state index contributed by atoms with van der Waals surface area (Å²) >= 11 is 0. The van der Waals surface area contributed by atoms with Crippen LogP contribution >= 0.6 is 0 Å². The third kappa shape index (κ3) is 3.81. The highest BCUT2D eigenvalue weighted by atomic mass is 16.3. The minimum atomic E-state index is -0.378. The number of rotatable bonds is 4. The molecule has 1 aromatic rings. The number of hydrogen-bond donors (Lipinski definition) is 1. The minimum absolute atomic E-state index is 0.378. The summed E-state index contributed by atoms with van der Waals surface area (Å²) < 4.78 is 0. The van der Waals surface area contributed by atoms with Gasteiger partial charge in [0.2, 0.25) is 0 Å². The highest BCUT2D eigenvalue weighted by Gasteiger charge is 2.16. The summed E-state index contributed by atoms with van der Waals surface area (Å²) in [5, 5.41) is 10.1. The van der Waals surface area contributed by atoms with Gasteiger partial charge < -0.3 is 5.11 Å². The van der Waals surface area contributed by atoms with Crippen molar-refractivity contribution < 1.29 is 5.11 Å². The molecule has 1 aliphatic rings. The maximum absolute atomic E-state index is 10.1. The topological polar surface area (TPSA) is 33.1 Å². The zero-order valence-corrected chi connectivity index (χ0v) is 10.7. The van der Waals surface area contributed by atoms with Crippen LogP contribution in [0.4, 0.5) is 0 Å². The second-order valence-electron chi connectivity index (χ2n) is 5.30. The molecule has 94 valence electrons. The van der Waals surface area contributed by atoms with Gasteiger partial charge in [-0.3, -0.25) is 4.98 Å². The molecule has 2 nitrogen and oxygen atoms in total.